The monoisotopic (exact) mass is 315 g/mol. The molecule has 0 radical (unpaired) electrons. The Morgan fingerprint density at radius 1 is 1.35 bits per heavy atom. The lowest BCUT2D eigenvalue weighted by Gasteiger charge is -2.45. The second-order valence-corrected chi connectivity index (χ2v) is 8.88. The van der Waals surface area contributed by atoms with Gasteiger partial charge < -0.3 is 10.6 Å². The van der Waals surface area contributed by atoms with Crippen molar-refractivity contribution in [3.63, 3.8) is 0 Å². The number of anilines is 1. The van der Waals surface area contributed by atoms with E-state index in [1.54, 1.807) is 15.8 Å². The highest BCUT2D eigenvalue weighted by Gasteiger charge is 2.38. The molecule has 20 heavy (non-hydrogen) atoms. The van der Waals surface area contributed by atoms with Crippen LogP contribution in [0.25, 0.3) is 0 Å². The van der Waals surface area contributed by atoms with Crippen LogP contribution >= 0.6 is 11.3 Å². The van der Waals surface area contributed by atoms with Crippen LogP contribution in [0.15, 0.2) is 15.7 Å². The number of hydrogen-bond donors (Lipinski definition) is 1. The van der Waals surface area contributed by atoms with Crippen molar-refractivity contribution in [3.8, 4) is 0 Å². The fraction of sp³-hybridized carbons (Fsp3) is 0.692. The molecule has 2 aliphatic rings. The van der Waals surface area contributed by atoms with E-state index in [4.69, 9.17) is 5.73 Å². The summed E-state index contributed by atoms with van der Waals surface area (Å²) in [5.41, 5.74) is 6.18. The molecule has 2 unspecified atom stereocenters. The number of nitrogens with two attached hydrogens (primary N) is 1. The SMILES string of the molecule is CN1CCCC2CN(S(=O)(=O)c3cc(N)cs3)CCC21. The Morgan fingerprint density at radius 2 is 2.15 bits per heavy atom. The number of nitrogens with zero attached hydrogens (tertiary/aromatic N) is 2. The quantitative estimate of drug-likeness (QED) is 0.897. The molecule has 7 heteroatoms. The van der Waals surface area contributed by atoms with Gasteiger partial charge in [0.1, 0.15) is 4.21 Å². The van der Waals surface area contributed by atoms with Crippen LogP contribution in [0.4, 0.5) is 5.69 Å². The Bertz CT molecular complexity index is 584. The number of sulfonamides is 1. The zero-order valence-electron chi connectivity index (χ0n) is 11.7. The summed E-state index contributed by atoms with van der Waals surface area (Å²) >= 11 is 1.22. The van der Waals surface area contributed by atoms with Crippen molar-refractivity contribution in [3.05, 3.63) is 11.4 Å². The Labute approximate surface area is 124 Å². The van der Waals surface area contributed by atoms with Gasteiger partial charge in [0.2, 0.25) is 0 Å². The predicted octanol–water partition coefficient (Wildman–Crippen LogP) is 1.44. The van der Waals surface area contributed by atoms with Crippen LogP contribution in [0, 0.1) is 5.92 Å². The summed E-state index contributed by atoms with van der Waals surface area (Å²) in [6.07, 6.45) is 3.23. The number of thiophene rings is 1. The molecule has 2 aliphatic heterocycles. The van der Waals surface area contributed by atoms with E-state index in [0.717, 1.165) is 25.8 Å². The van der Waals surface area contributed by atoms with E-state index in [0.29, 0.717) is 34.9 Å². The number of likely N-dealkylation sites (tertiary alicyclic amines) is 1. The van der Waals surface area contributed by atoms with Crippen LogP contribution < -0.4 is 5.73 Å². The van der Waals surface area contributed by atoms with Crippen molar-refractivity contribution in [1.29, 1.82) is 0 Å². The van der Waals surface area contributed by atoms with E-state index >= 15 is 0 Å². The van der Waals surface area contributed by atoms with Crippen LogP contribution in [0.2, 0.25) is 0 Å². The molecule has 1 aromatic rings. The fourth-order valence-electron chi connectivity index (χ4n) is 3.43. The minimum absolute atomic E-state index is 0.373. The first kappa shape index (κ1) is 14.3. The zero-order valence-corrected chi connectivity index (χ0v) is 13.3. The van der Waals surface area contributed by atoms with Gasteiger partial charge in [-0.15, -0.1) is 11.3 Å². The summed E-state index contributed by atoms with van der Waals surface area (Å²) in [5, 5.41) is 1.69. The van der Waals surface area contributed by atoms with E-state index in [2.05, 4.69) is 11.9 Å². The molecule has 2 atom stereocenters. The molecular weight excluding hydrogens is 294 g/mol. The Morgan fingerprint density at radius 3 is 2.85 bits per heavy atom. The third-order valence-electron chi connectivity index (χ3n) is 4.50. The van der Waals surface area contributed by atoms with Gasteiger partial charge in [-0.1, -0.05) is 0 Å². The molecule has 3 heterocycles. The third kappa shape index (κ3) is 2.47. The number of hydrogen-bond acceptors (Lipinski definition) is 5. The van der Waals surface area contributed by atoms with E-state index in [1.807, 2.05) is 0 Å². The molecule has 0 aliphatic carbocycles. The van der Waals surface area contributed by atoms with Crippen molar-refractivity contribution in [2.75, 3.05) is 32.4 Å². The van der Waals surface area contributed by atoms with Crippen molar-refractivity contribution >= 4 is 27.0 Å². The lowest BCUT2D eigenvalue weighted by Crippen LogP contribution is -2.53. The molecule has 0 spiro atoms. The highest BCUT2D eigenvalue weighted by molar-refractivity contribution is 7.91. The van der Waals surface area contributed by atoms with Gasteiger partial charge in [-0.25, -0.2) is 8.42 Å². The largest absolute Gasteiger partial charge is 0.398 e. The van der Waals surface area contributed by atoms with Gasteiger partial charge in [0.05, 0.1) is 0 Å². The summed E-state index contributed by atoms with van der Waals surface area (Å²) in [4.78, 5) is 2.39. The van der Waals surface area contributed by atoms with Crippen LogP contribution in [-0.4, -0.2) is 50.3 Å². The van der Waals surface area contributed by atoms with Crippen LogP contribution in [-0.2, 0) is 10.0 Å². The average molecular weight is 315 g/mol. The smallest absolute Gasteiger partial charge is 0.252 e. The Hall–Kier alpha value is -0.630. The van der Waals surface area contributed by atoms with Gasteiger partial charge in [0.15, 0.2) is 0 Å². The molecule has 2 N–H and O–H groups in total. The predicted molar refractivity (Wildman–Crippen MR) is 81.2 cm³/mol. The molecule has 1 aromatic heterocycles. The highest BCUT2D eigenvalue weighted by Crippen LogP contribution is 2.33. The molecule has 0 aromatic carbocycles. The van der Waals surface area contributed by atoms with E-state index < -0.39 is 10.0 Å². The fourth-order valence-corrected chi connectivity index (χ4v) is 6.17. The first-order chi connectivity index (χ1) is 9.48. The summed E-state index contributed by atoms with van der Waals surface area (Å²) in [6.45, 7) is 2.40. The van der Waals surface area contributed by atoms with Crippen molar-refractivity contribution in [2.45, 2.75) is 29.5 Å². The third-order valence-corrected chi connectivity index (χ3v) is 7.80. The van der Waals surface area contributed by atoms with Gasteiger partial charge in [-0.3, -0.25) is 0 Å². The van der Waals surface area contributed by atoms with Crippen molar-refractivity contribution < 1.29 is 8.42 Å². The molecule has 112 valence electrons. The summed E-state index contributed by atoms with van der Waals surface area (Å²) in [6, 6.07) is 2.11. The maximum Gasteiger partial charge on any atom is 0.252 e. The number of rotatable bonds is 2. The first-order valence-corrected chi connectivity index (χ1v) is 9.35. The minimum atomic E-state index is -3.36. The van der Waals surface area contributed by atoms with E-state index in [-0.39, 0.29) is 0 Å². The summed E-state index contributed by atoms with van der Waals surface area (Å²) < 4.78 is 27.3. The average Bonchev–Trinajstić information content (AvgIpc) is 2.86. The molecule has 0 amide bonds. The van der Waals surface area contributed by atoms with Crippen molar-refractivity contribution in [2.24, 2.45) is 5.92 Å². The zero-order chi connectivity index (χ0) is 14.3. The second-order valence-electron chi connectivity index (χ2n) is 5.80. The van der Waals surface area contributed by atoms with Crippen molar-refractivity contribution in [1.82, 2.24) is 9.21 Å². The Balaban J connectivity index is 1.79. The molecule has 2 saturated heterocycles. The maximum atomic E-state index is 12.6. The van der Waals surface area contributed by atoms with E-state index in [1.165, 1.54) is 11.3 Å². The van der Waals surface area contributed by atoms with Gasteiger partial charge in [-0.2, -0.15) is 4.31 Å². The molecule has 0 bridgehead atoms. The summed E-state index contributed by atoms with van der Waals surface area (Å²) in [7, 11) is -1.20. The number of fused-ring (bicyclic) bond motifs is 1. The number of nitrogen functional groups attached to an aromatic ring is 1. The lowest BCUT2D eigenvalue weighted by atomic mass is 9.85. The Kier molecular flexibility index (Phi) is 3.79. The highest BCUT2D eigenvalue weighted by atomic mass is 32.2. The maximum absolute atomic E-state index is 12.6. The van der Waals surface area contributed by atoms with Gasteiger partial charge in [0.25, 0.3) is 10.0 Å². The minimum Gasteiger partial charge on any atom is -0.398 e. The van der Waals surface area contributed by atoms with Gasteiger partial charge in [-0.05, 0) is 44.8 Å². The molecule has 2 fully saturated rings. The normalized spacial score (nSPS) is 29.2. The molecule has 5 nitrogen and oxygen atoms in total. The molecular formula is C13H21N3O2S2. The summed E-state index contributed by atoms with van der Waals surface area (Å²) in [5.74, 6) is 0.467. The van der Waals surface area contributed by atoms with Crippen LogP contribution in [0.5, 0.6) is 0 Å². The molecule has 3 rings (SSSR count). The van der Waals surface area contributed by atoms with Crippen LogP contribution in [0.1, 0.15) is 19.3 Å². The number of piperidine rings is 2. The van der Waals surface area contributed by atoms with Gasteiger partial charge >= 0.3 is 0 Å². The van der Waals surface area contributed by atoms with E-state index in [9.17, 15) is 8.42 Å². The first-order valence-electron chi connectivity index (χ1n) is 7.03. The topological polar surface area (TPSA) is 66.6 Å². The molecule has 0 saturated carbocycles. The lowest BCUT2D eigenvalue weighted by molar-refractivity contribution is 0.0672. The van der Waals surface area contributed by atoms with Crippen LogP contribution in [0.3, 0.4) is 0 Å². The standard InChI is InChI=1S/C13H21N3O2S2/c1-15-5-2-3-10-8-16(6-4-12(10)15)20(17,18)13-7-11(14)9-19-13/h7,9-10,12H,2-6,8,14H2,1H3. The van der Waals surface area contributed by atoms with Gasteiger partial charge in [0, 0.05) is 30.2 Å². The second kappa shape index (κ2) is 5.29.